The number of carbonyl (C=O) groups excluding carboxylic acids is 1. The van der Waals surface area contributed by atoms with Crippen LogP contribution in [0.5, 0.6) is 17.2 Å². The predicted molar refractivity (Wildman–Crippen MR) is 132 cm³/mol. The average Bonchev–Trinajstić information content (AvgIpc) is 2.80. The first-order valence-corrected chi connectivity index (χ1v) is 11.5. The van der Waals surface area contributed by atoms with E-state index in [9.17, 15) is 4.79 Å². The molecular weight excluding hydrogens is 412 g/mol. The standard InChI is InChI=1S/C29H34O4/c1-21(2)10-9-11-22-14-19-26(27(20-22)31-5)33-28(30)32-25-17-15-24(16-18-25)29(3,4)23-12-7-6-8-13-23/h6-8,12-21H,9-11H2,1-5H3. The van der Waals surface area contributed by atoms with Gasteiger partial charge in [0.25, 0.3) is 0 Å². The van der Waals surface area contributed by atoms with Gasteiger partial charge in [-0.1, -0.05) is 82.6 Å². The van der Waals surface area contributed by atoms with Crippen molar-refractivity contribution in [3.05, 3.63) is 89.5 Å². The third-order valence-corrected chi connectivity index (χ3v) is 5.94. The normalized spacial score (nSPS) is 11.3. The molecule has 0 saturated carbocycles. The highest BCUT2D eigenvalue weighted by molar-refractivity contribution is 5.68. The van der Waals surface area contributed by atoms with Crippen molar-refractivity contribution in [1.82, 2.24) is 0 Å². The van der Waals surface area contributed by atoms with Crippen molar-refractivity contribution in [3.63, 3.8) is 0 Å². The third-order valence-electron chi connectivity index (χ3n) is 5.94. The van der Waals surface area contributed by atoms with E-state index in [1.807, 2.05) is 42.5 Å². The monoisotopic (exact) mass is 446 g/mol. The molecular formula is C29H34O4. The SMILES string of the molecule is COc1cc(CCCC(C)C)ccc1OC(=O)Oc1ccc(C(C)(C)c2ccccc2)cc1. The molecule has 3 rings (SSSR count). The Bertz CT molecular complexity index is 1040. The van der Waals surface area contributed by atoms with E-state index in [-0.39, 0.29) is 5.41 Å². The highest BCUT2D eigenvalue weighted by atomic mass is 16.7. The molecule has 0 radical (unpaired) electrons. The van der Waals surface area contributed by atoms with Crippen LogP contribution >= 0.6 is 0 Å². The largest absolute Gasteiger partial charge is 0.519 e. The Morgan fingerprint density at radius 1 is 0.848 bits per heavy atom. The Hall–Kier alpha value is -3.27. The lowest BCUT2D eigenvalue weighted by Gasteiger charge is -2.26. The van der Waals surface area contributed by atoms with Gasteiger partial charge in [-0.2, -0.15) is 0 Å². The van der Waals surface area contributed by atoms with E-state index in [1.54, 1.807) is 25.3 Å². The van der Waals surface area contributed by atoms with Gasteiger partial charge in [0.05, 0.1) is 7.11 Å². The van der Waals surface area contributed by atoms with E-state index in [1.165, 1.54) is 12.0 Å². The molecule has 0 heterocycles. The molecule has 0 saturated heterocycles. The maximum absolute atomic E-state index is 12.4. The van der Waals surface area contributed by atoms with Gasteiger partial charge < -0.3 is 14.2 Å². The van der Waals surface area contributed by atoms with Crippen molar-refractivity contribution in [3.8, 4) is 17.2 Å². The first-order chi connectivity index (χ1) is 15.8. The zero-order valence-corrected chi connectivity index (χ0v) is 20.3. The van der Waals surface area contributed by atoms with Gasteiger partial charge in [0.15, 0.2) is 11.5 Å². The number of methoxy groups -OCH3 is 1. The Labute approximate surface area is 197 Å². The van der Waals surface area contributed by atoms with Gasteiger partial charge in [0, 0.05) is 5.41 Å². The van der Waals surface area contributed by atoms with Gasteiger partial charge in [0.1, 0.15) is 5.75 Å². The number of carbonyl (C=O) groups is 1. The fourth-order valence-electron chi connectivity index (χ4n) is 3.83. The van der Waals surface area contributed by atoms with Gasteiger partial charge in [0.2, 0.25) is 0 Å². The van der Waals surface area contributed by atoms with Crippen LogP contribution in [0.1, 0.15) is 57.2 Å². The zero-order chi connectivity index (χ0) is 23.8. The van der Waals surface area contributed by atoms with Crippen molar-refractivity contribution in [2.24, 2.45) is 5.92 Å². The van der Waals surface area contributed by atoms with Crippen molar-refractivity contribution >= 4 is 6.16 Å². The lowest BCUT2D eigenvalue weighted by molar-refractivity contribution is 0.150. The quantitative estimate of drug-likeness (QED) is 0.251. The average molecular weight is 447 g/mol. The number of aryl methyl sites for hydroxylation is 1. The highest BCUT2D eigenvalue weighted by Gasteiger charge is 2.23. The summed E-state index contributed by atoms with van der Waals surface area (Å²) < 4.78 is 16.2. The van der Waals surface area contributed by atoms with Crippen LogP contribution in [0.3, 0.4) is 0 Å². The fraction of sp³-hybridized carbons (Fsp3) is 0.345. The molecule has 0 N–H and O–H groups in total. The molecule has 0 aromatic heterocycles. The lowest BCUT2D eigenvalue weighted by atomic mass is 9.78. The van der Waals surface area contributed by atoms with E-state index in [0.717, 1.165) is 24.0 Å². The molecule has 0 aliphatic rings. The molecule has 4 heteroatoms. The summed E-state index contributed by atoms with van der Waals surface area (Å²) in [5, 5.41) is 0. The Balaban J connectivity index is 1.62. The van der Waals surface area contributed by atoms with Crippen molar-refractivity contribution in [2.45, 2.75) is 52.4 Å². The fourth-order valence-corrected chi connectivity index (χ4v) is 3.83. The summed E-state index contributed by atoms with van der Waals surface area (Å²) in [4.78, 5) is 12.4. The number of hydrogen-bond donors (Lipinski definition) is 0. The van der Waals surface area contributed by atoms with Crippen LogP contribution < -0.4 is 14.2 Å². The molecule has 0 spiro atoms. The van der Waals surface area contributed by atoms with Crippen LogP contribution in [0.25, 0.3) is 0 Å². The smallest absolute Gasteiger partial charge is 0.493 e. The van der Waals surface area contributed by atoms with Crippen LogP contribution in [0.4, 0.5) is 4.79 Å². The van der Waals surface area contributed by atoms with Crippen LogP contribution in [-0.4, -0.2) is 13.3 Å². The molecule has 0 aliphatic heterocycles. The van der Waals surface area contributed by atoms with Crippen molar-refractivity contribution in [2.75, 3.05) is 7.11 Å². The van der Waals surface area contributed by atoms with Crippen LogP contribution in [0.15, 0.2) is 72.8 Å². The van der Waals surface area contributed by atoms with Crippen LogP contribution in [-0.2, 0) is 11.8 Å². The molecule has 0 bridgehead atoms. The summed E-state index contributed by atoms with van der Waals surface area (Å²) in [6.07, 6.45) is 2.45. The summed E-state index contributed by atoms with van der Waals surface area (Å²) in [6, 6.07) is 23.5. The summed E-state index contributed by atoms with van der Waals surface area (Å²) in [5.74, 6) is 1.98. The molecule has 0 unspecified atom stereocenters. The summed E-state index contributed by atoms with van der Waals surface area (Å²) >= 11 is 0. The summed E-state index contributed by atoms with van der Waals surface area (Å²) in [6.45, 7) is 8.79. The number of hydrogen-bond acceptors (Lipinski definition) is 4. The first kappa shape index (κ1) is 24.4. The minimum Gasteiger partial charge on any atom is -0.493 e. The predicted octanol–water partition coefficient (Wildman–Crippen LogP) is 7.58. The van der Waals surface area contributed by atoms with Crippen molar-refractivity contribution < 1.29 is 19.0 Å². The Morgan fingerprint density at radius 2 is 1.52 bits per heavy atom. The lowest BCUT2D eigenvalue weighted by Crippen LogP contribution is -2.19. The second-order valence-electron chi connectivity index (χ2n) is 9.24. The second-order valence-corrected chi connectivity index (χ2v) is 9.24. The van der Waals surface area contributed by atoms with Crippen LogP contribution in [0.2, 0.25) is 0 Å². The van der Waals surface area contributed by atoms with Gasteiger partial charge in [-0.3, -0.25) is 0 Å². The molecule has 3 aromatic carbocycles. The molecule has 0 aliphatic carbocycles. The van der Waals surface area contributed by atoms with E-state index >= 15 is 0 Å². The molecule has 0 atom stereocenters. The van der Waals surface area contributed by atoms with E-state index in [0.29, 0.717) is 23.2 Å². The van der Waals surface area contributed by atoms with Gasteiger partial charge in [-0.05, 0) is 59.7 Å². The van der Waals surface area contributed by atoms with Crippen molar-refractivity contribution in [1.29, 1.82) is 0 Å². The minimum absolute atomic E-state index is 0.162. The number of benzene rings is 3. The molecule has 3 aromatic rings. The topological polar surface area (TPSA) is 44.8 Å². The van der Waals surface area contributed by atoms with E-state index < -0.39 is 6.16 Å². The molecule has 174 valence electrons. The third kappa shape index (κ3) is 6.61. The second kappa shape index (κ2) is 11.0. The van der Waals surface area contributed by atoms with Crippen LogP contribution in [0, 0.1) is 5.92 Å². The van der Waals surface area contributed by atoms with Gasteiger partial charge >= 0.3 is 6.16 Å². The molecule has 4 nitrogen and oxygen atoms in total. The maximum Gasteiger partial charge on any atom is 0.519 e. The maximum atomic E-state index is 12.4. The minimum atomic E-state index is -0.795. The Morgan fingerprint density at radius 3 is 2.15 bits per heavy atom. The molecule has 0 amide bonds. The highest BCUT2D eigenvalue weighted by Crippen LogP contribution is 2.33. The van der Waals surface area contributed by atoms with Gasteiger partial charge in [-0.15, -0.1) is 0 Å². The van der Waals surface area contributed by atoms with E-state index in [2.05, 4.69) is 39.8 Å². The Kier molecular flexibility index (Phi) is 8.16. The van der Waals surface area contributed by atoms with E-state index in [4.69, 9.17) is 14.2 Å². The van der Waals surface area contributed by atoms with Gasteiger partial charge in [-0.25, -0.2) is 4.79 Å². The zero-order valence-electron chi connectivity index (χ0n) is 20.3. The molecule has 33 heavy (non-hydrogen) atoms. The summed E-state index contributed by atoms with van der Waals surface area (Å²) in [7, 11) is 1.57. The summed E-state index contributed by atoms with van der Waals surface area (Å²) in [5.41, 5.74) is 3.34. The first-order valence-electron chi connectivity index (χ1n) is 11.5. The number of rotatable bonds is 9. The number of ether oxygens (including phenoxy) is 3. The molecule has 0 fully saturated rings.